The zero-order valence-corrected chi connectivity index (χ0v) is 5.63. The number of allylic oxidation sites excluding steroid dienone is 3. The molecule has 0 atom stereocenters. The summed E-state index contributed by atoms with van der Waals surface area (Å²) in [6.45, 7) is 1.84. The van der Waals surface area contributed by atoms with Crippen molar-refractivity contribution in [3.63, 3.8) is 0 Å². The summed E-state index contributed by atoms with van der Waals surface area (Å²) in [6, 6.07) is 0. The van der Waals surface area contributed by atoms with Crippen LogP contribution in [-0.2, 0) is 9.53 Å². The first kappa shape index (κ1) is 7.95. The highest BCUT2D eigenvalue weighted by Crippen LogP contribution is 1.94. The van der Waals surface area contributed by atoms with Gasteiger partial charge in [-0.2, -0.15) is 0 Å². The zero-order valence-electron chi connectivity index (χ0n) is 5.63. The number of carbonyl (C=O) groups is 1. The molecule has 9 heavy (non-hydrogen) atoms. The maximum atomic E-state index is 9.77. The van der Waals surface area contributed by atoms with Gasteiger partial charge in [-0.25, -0.2) is 0 Å². The fourth-order valence-corrected chi connectivity index (χ4v) is 0.416. The first-order valence-corrected chi connectivity index (χ1v) is 2.67. The molecule has 0 aromatic carbocycles. The van der Waals surface area contributed by atoms with E-state index in [9.17, 15) is 4.79 Å². The molecule has 0 saturated carbocycles. The average Bonchev–Trinajstić information content (AvgIpc) is 1.91. The summed E-state index contributed by atoms with van der Waals surface area (Å²) in [5.41, 5.74) is 0. The van der Waals surface area contributed by atoms with E-state index in [0.29, 0.717) is 12.0 Å². The number of hydrogen-bond acceptors (Lipinski definition) is 2. The van der Waals surface area contributed by atoms with Crippen LogP contribution < -0.4 is 0 Å². The molecular weight excluding hydrogens is 116 g/mol. The van der Waals surface area contributed by atoms with Gasteiger partial charge in [0, 0.05) is 0 Å². The number of ether oxygens (including phenoxy) is 1. The monoisotopic (exact) mass is 126 g/mol. The quantitative estimate of drug-likeness (QED) is 0.246. The van der Waals surface area contributed by atoms with E-state index in [0.717, 1.165) is 0 Å². The van der Waals surface area contributed by atoms with Gasteiger partial charge < -0.3 is 4.74 Å². The van der Waals surface area contributed by atoms with Crippen LogP contribution in [-0.4, -0.2) is 13.4 Å². The van der Waals surface area contributed by atoms with Gasteiger partial charge in [-0.15, -0.1) is 0 Å². The first-order valence-electron chi connectivity index (χ1n) is 2.67. The summed E-state index contributed by atoms with van der Waals surface area (Å²) in [5.74, 6) is 0.696. The molecule has 0 heterocycles. The zero-order chi connectivity index (χ0) is 7.11. The van der Waals surface area contributed by atoms with Crippen LogP contribution in [0.2, 0.25) is 0 Å². The lowest BCUT2D eigenvalue weighted by molar-refractivity contribution is -0.104. The van der Waals surface area contributed by atoms with Crippen LogP contribution in [0, 0.1) is 0 Å². The van der Waals surface area contributed by atoms with E-state index in [1.54, 1.807) is 19.3 Å². The minimum atomic E-state index is 0.696. The summed E-state index contributed by atoms with van der Waals surface area (Å²) < 4.78 is 4.82. The number of aldehydes is 1. The molecule has 2 nitrogen and oxygen atoms in total. The molecule has 0 fully saturated rings. The Bertz CT molecular complexity index is 134. The topological polar surface area (TPSA) is 26.3 Å². The van der Waals surface area contributed by atoms with Crippen molar-refractivity contribution in [3.05, 3.63) is 24.0 Å². The van der Waals surface area contributed by atoms with Crippen molar-refractivity contribution in [3.8, 4) is 0 Å². The van der Waals surface area contributed by atoms with Crippen LogP contribution in [0.4, 0.5) is 0 Å². The summed E-state index contributed by atoms with van der Waals surface area (Å²) in [6.07, 6.45) is 5.48. The summed E-state index contributed by atoms with van der Waals surface area (Å²) in [4.78, 5) is 9.77. The average molecular weight is 126 g/mol. The lowest BCUT2D eigenvalue weighted by Crippen LogP contribution is -1.79. The Balaban J connectivity index is 3.84. The van der Waals surface area contributed by atoms with Crippen LogP contribution in [0.25, 0.3) is 0 Å². The second-order valence-corrected chi connectivity index (χ2v) is 1.39. The van der Waals surface area contributed by atoms with Crippen molar-refractivity contribution in [1.29, 1.82) is 0 Å². The molecule has 50 valence electrons. The van der Waals surface area contributed by atoms with E-state index in [1.807, 2.05) is 6.92 Å². The molecule has 0 amide bonds. The smallest absolute Gasteiger partial charge is 0.142 e. The molecule has 0 aromatic rings. The molecule has 0 unspecified atom stereocenters. The summed E-state index contributed by atoms with van der Waals surface area (Å²) >= 11 is 0. The predicted octanol–water partition coefficient (Wildman–Crippen LogP) is 1.29. The van der Waals surface area contributed by atoms with Crippen LogP contribution in [0.1, 0.15) is 6.92 Å². The molecule has 0 aromatic heterocycles. The maximum absolute atomic E-state index is 9.77. The van der Waals surface area contributed by atoms with Crippen molar-refractivity contribution in [2.75, 3.05) is 7.11 Å². The normalized spacial score (nSPS) is 12.0. The van der Waals surface area contributed by atoms with Gasteiger partial charge in [0.1, 0.15) is 12.0 Å². The molecule has 0 N–H and O–H groups in total. The SMILES string of the molecule is C/C=C(\C=C\C=O)OC. The molecular formula is C7H10O2. The van der Waals surface area contributed by atoms with Gasteiger partial charge in [-0.1, -0.05) is 0 Å². The van der Waals surface area contributed by atoms with Crippen LogP contribution in [0.15, 0.2) is 24.0 Å². The lowest BCUT2D eigenvalue weighted by atomic mass is 10.4. The van der Waals surface area contributed by atoms with Crippen molar-refractivity contribution >= 4 is 6.29 Å². The molecule has 0 aliphatic rings. The molecule has 0 saturated heterocycles. The van der Waals surface area contributed by atoms with E-state index in [-0.39, 0.29) is 0 Å². The van der Waals surface area contributed by atoms with Gasteiger partial charge in [-0.05, 0) is 25.2 Å². The van der Waals surface area contributed by atoms with Crippen LogP contribution in [0.3, 0.4) is 0 Å². The number of methoxy groups -OCH3 is 1. The van der Waals surface area contributed by atoms with Crippen LogP contribution >= 0.6 is 0 Å². The number of rotatable bonds is 3. The van der Waals surface area contributed by atoms with Crippen LogP contribution in [0.5, 0.6) is 0 Å². The van der Waals surface area contributed by atoms with Gasteiger partial charge in [0.2, 0.25) is 0 Å². The molecule has 0 rings (SSSR count). The number of hydrogen-bond donors (Lipinski definition) is 0. The minimum absolute atomic E-state index is 0.696. The van der Waals surface area contributed by atoms with E-state index in [1.165, 1.54) is 6.08 Å². The third kappa shape index (κ3) is 3.53. The Morgan fingerprint density at radius 2 is 2.22 bits per heavy atom. The highest BCUT2D eigenvalue weighted by atomic mass is 16.5. The molecule has 0 spiro atoms. The highest BCUT2D eigenvalue weighted by molar-refractivity contribution is 5.65. The van der Waals surface area contributed by atoms with Crippen molar-refractivity contribution in [2.45, 2.75) is 6.92 Å². The second-order valence-electron chi connectivity index (χ2n) is 1.39. The fraction of sp³-hybridized carbons (Fsp3) is 0.286. The molecule has 2 heteroatoms. The summed E-state index contributed by atoms with van der Waals surface area (Å²) in [7, 11) is 1.56. The summed E-state index contributed by atoms with van der Waals surface area (Å²) in [5, 5.41) is 0. The van der Waals surface area contributed by atoms with Gasteiger partial charge in [0.05, 0.1) is 7.11 Å². The molecule has 0 aliphatic carbocycles. The third-order valence-corrected chi connectivity index (χ3v) is 0.859. The highest BCUT2D eigenvalue weighted by Gasteiger charge is 1.81. The van der Waals surface area contributed by atoms with Crippen molar-refractivity contribution in [1.82, 2.24) is 0 Å². The minimum Gasteiger partial charge on any atom is -0.497 e. The van der Waals surface area contributed by atoms with Gasteiger partial charge >= 0.3 is 0 Å². The Hall–Kier alpha value is -1.05. The van der Waals surface area contributed by atoms with E-state index in [4.69, 9.17) is 4.74 Å². The van der Waals surface area contributed by atoms with Gasteiger partial charge in [0.25, 0.3) is 0 Å². The fourth-order valence-electron chi connectivity index (χ4n) is 0.416. The maximum Gasteiger partial charge on any atom is 0.142 e. The predicted molar refractivity (Wildman–Crippen MR) is 36.0 cm³/mol. The van der Waals surface area contributed by atoms with Crippen molar-refractivity contribution < 1.29 is 9.53 Å². The third-order valence-electron chi connectivity index (χ3n) is 0.859. The second kappa shape index (κ2) is 5.09. The van der Waals surface area contributed by atoms with E-state index < -0.39 is 0 Å². The standard InChI is InChI=1S/C7H10O2/c1-3-7(9-2)5-4-6-8/h3-6H,1-2H3/b5-4+,7-3+. The van der Waals surface area contributed by atoms with Gasteiger partial charge in [0.15, 0.2) is 0 Å². The van der Waals surface area contributed by atoms with Gasteiger partial charge in [-0.3, -0.25) is 4.79 Å². The largest absolute Gasteiger partial charge is 0.497 e. The Morgan fingerprint density at radius 1 is 1.56 bits per heavy atom. The Kier molecular flexibility index (Phi) is 4.50. The Morgan fingerprint density at radius 3 is 2.56 bits per heavy atom. The molecule has 0 bridgehead atoms. The molecule has 0 aliphatic heterocycles. The van der Waals surface area contributed by atoms with E-state index >= 15 is 0 Å². The number of carbonyl (C=O) groups excluding carboxylic acids is 1. The van der Waals surface area contributed by atoms with Crippen molar-refractivity contribution in [2.24, 2.45) is 0 Å². The first-order chi connectivity index (χ1) is 4.35. The van der Waals surface area contributed by atoms with E-state index in [2.05, 4.69) is 0 Å². The molecule has 0 radical (unpaired) electrons. The Labute approximate surface area is 54.8 Å². The lowest BCUT2D eigenvalue weighted by Gasteiger charge is -1.94.